The van der Waals surface area contributed by atoms with Crippen LogP contribution in [0.5, 0.6) is 0 Å². The van der Waals surface area contributed by atoms with Crippen molar-refractivity contribution in [2.75, 3.05) is 18.4 Å². The summed E-state index contributed by atoms with van der Waals surface area (Å²) >= 11 is 0. The minimum absolute atomic E-state index is 0.0924. The van der Waals surface area contributed by atoms with Gasteiger partial charge in [-0.15, -0.1) is 0 Å². The summed E-state index contributed by atoms with van der Waals surface area (Å²) < 4.78 is 0. The van der Waals surface area contributed by atoms with Crippen LogP contribution in [0.1, 0.15) is 42.2 Å². The highest BCUT2D eigenvalue weighted by atomic mass is 16.4. The maximum Gasteiger partial charge on any atom is 0.336 e. The Labute approximate surface area is 202 Å². The van der Waals surface area contributed by atoms with Gasteiger partial charge in [-0.05, 0) is 59.2 Å². The molecule has 9 nitrogen and oxygen atoms in total. The number of amidine groups is 1. The number of amides is 2. The van der Waals surface area contributed by atoms with Gasteiger partial charge in [-0.1, -0.05) is 30.9 Å². The minimum Gasteiger partial charge on any atom is -0.478 e. The molecule has 0 aromatic heterocycles. The molecule has 35 heavy (non-hydrogen) atoms. The summed E-state index contributed by atoms with van der Waals surface area (Å²) in [5.74, 6) is -2.25. The fourth-order valence-electron chi connectivity index (χ4n) is 3.43. The number of carbonyl (C=O) groups excluding carboxylic acids is 2. The molecule has 0 saturated carbocycles. The average molecular weight is 472 g/mol. The van der Waals surface area contributed by atoms with E-state index >= 15 is 0 Å². The fourth-order valence-corrected chi connectivity index (χ4v) is 3.43. The molecular weight excluding hydrogens is 446 g/mol. The molecule has 0 aliphatic rings. The lowest BCUT2D eigenvalue weighted by molar-refractivity contribution is 0.0697. The summed E-state index contributed by atoms with van der Waals surface area (Å²) in [6.45, 7) is 4.24. The Balaban J connectivity index is 2.04. The Morgan fingerprint density at radius 3 is 2.14 bits per heavy atom. The van der Waals surface area contributed by atoms with Gasteiger partial charge in [0.2, 0.25) is 0 Å². The molecule has 9 heteroatoms. The second-order valence-corrected chi connectivity index (χ2v) is 7.56. The van der Waals surface area contributed by atoms with E-state index in [4.69, 9.17) is 16.9 Å². The second kappa shape index (κ2) is 10.9. The highest BCUT2D eigenvalue weighted by Gasteiger charge is 2.20. The third-order valence-corrected chi connectivity index (χ3v) is 5.21. The molecule has 0 bridgehead atoms. The quantitative estimate of drug-likeness (QED) is 0.207. The first-order valence-corrected chi connectivity index (χ1v) is 10.6. The van der Waals surface area contributed by atoms with Crippen molar-refractivity contribution < 1.29 is 19.5 Å². The first-order chi connectivity index (χ1) is 16.7. The van der Waals surface area contributed by atoms with Crippen molar-refractivity contribution in [3.05, 3.63) is 95.1 Å². The third-order valence-electron chi connectivity index (χ3n) is 5.21. The van der Waals surface area contributed by atoms with E-state index in [1.165, 1.54) is 18.2 Å². The standard InChI is InChI=1S/C26H25N5O4/c1-2-15-3-9-19(20-10-6-17(14-22(20)26(34)35)24(32)30-12-11-27)21(13-15)25(33)31-18-7-4-16(5-8-18)23(28)29/h2-10,13-14H,1,11-12,27H2,(H3,28,29)(H,30,32)(H,31,33)(H,34,35). The van der Waals surface area contributed by atoms with Gasteiger partial charge in [0.25, 0.3) is 11.8 Å². The van der Waals surface area contributed by atoms with Gasteiger partial charge in [-0.3, -0.25) is 15.0 Å². The minimum atomic E-state index is -1.24. The number of carboxylic acids is 1. The van der Waals surface area contributed by atoms with E-state index in [1.807, 2.05) is 0 Å². The maximum absolute atomic E-state index is 13.2. The summed E-state index contributed by atoms with van der Waals surface area (Å²) in [6, 6.07) is 15.7. The highest BCUT2D eigenvalue weighted by molar-refractivity contribution is 6.11. The zero-order chi connectivity index (χ0) is 25.5. The molecule has 0 heterocycles. The Kier molecular flexibility index (Phi) is 7.75. The number of hydrogen-bond acceptors (Lipinski definition) is 5. The number of rotatable bonds is 9. The smallest absolute Gasteiger partial charge is 0.336 e. The molecule has 0 aliphatic heterocycles. The zero-order valence-corrected chi connectivity index (χ0v) is 18.8. The predicted molar refractivity (Wildman–Crippen MR) is 136 cm³/mol. The lowest BCUT2D eigenvalue weighted by atomic mass is 9.92. The van der Waals surface area contributed by atoms with Gasteiger partial charge in [-0.2, -0.15) is 0 Å². The lowest BCUT2D eigenvalue weighted by Crippen LogP contribution is -2.29. The molecule has 0 spiro atoms. The Morgan fingerprint density at radius 1 is 0.914 bits per heavy atom. The monoisotopic (exact) mass is 471 g/mol. The molecule has 0 aliphatic carbocycles. The van der Waals surface area contributed by atoms with Crippen LogP contribution < -0.4 is 22.1 Å². The number of hydrogen-bond donors (Lipinski definition) is 6. The van der Waals surface area contributed by atoms with E-state index in [0.29, 0.717) is 22.4 Å². The van der Waals surface area contributed by atoms with Gasteiger partial charge in [0.05, 0.1) is 5.56 Å². The first kappa shape index (κ1) is 24.9. The van der Waals surface area contributed by atoms with Crippen molar-refractivity contribution in [3.63, 3.8) is 0 Å². The molecule has 0 fully saturated rings. The highest BCUT2D eigenvalue weighted by Crippen LogP contribution is 2.30. The predicted octanol–water partition coefficient (Wildman–Crippen LogP) is 2.92. The van der Waals surface area contributed by atoms with Crippen LogP contribution in [0.2, 0.25) is 0 Å². The van der Waals surface area contributed by atoms with E-state index in [2.05, 4.69) is 17.2 Å². The van der Waals surface area contributed by atoms with Crippen molar-refractivity contribution in [1.82, 2.24) is 5.32 Å². The van der Waals surface area contributed by atoms with Crippen LogP contribution in [-0.2, 0) is 0 Å². The summed E-state index contributed by atoms with van der Waals surface area (Å²) in [4.78, 5) is 37.6. The molecule has 3 aromatic rings. The summed E-state index contributed by atoms with van der Waals surface area (Å²) in [5, 5.41) is 22.7. The molecule has 0 saturated heterocycles. The molecule has 2 amide bonds. The Hall–Kier alpha value is -4.76. The number of nitrogens with one attached hydrogen (secondary N) is 3. The van der Waals surface area contributed by atoms with Crippen LogP contribution in [0.15, 0.2) is 67.2 Å². The SMILES string of the molecule is C=Cc1ccc(-c2ccc(C(=O)NCCN)cc2C(=O)O)c(C(=O)Nc2ccc(C(=N)N)cc2)c1. The van der Waals surface area contributed by atoms with Crippen LogP contribution in [-0.4, -0.2) is 41.8 Å². The largest absolute Gasteiger partial charge is 0.478 e. The van der Waals surface area contributed by atoms with Crippen LogP contribution in [0, 0.1) is 5.41 Å². The van der Waals surface area contributed by atoms with E-state index in [1.54, 1.807) is 48.5 Å². The molecular formula is C26H25N5O4. The number of anilines is 1. The van der Waals surface area contributed by atoms with Gasteiger partial charge < -0.3 is 27.2 Å². The topological polar surface area (TPSA) is 171 Å². The molecule has 3 rings (SSSR count). The molecule has 0 unspecified atom stereocenters. The summed E-state index contributed by atoms with van der Waals surface area (Å²) in [7, 11) is 0. The van der Waals surface area contributed by atoms with Crippen molar-refractivity contribution in [2.45, 2.75) is 0 Å². The average Bonchev–Trinajstić information content (AvgIpc) is 2.86. The number of nitrogen functional groups attached to an aromatic ring is 1. The number of carboxylic acid groups (broad SMARTS) is 1. The second-order valence-electron chi connectivity index (χ2n) is 7.56. The van der Waals surface area contributed by atoms with Gasteiger partial charge in [0.15, 0.2) is 0 Å². The van der Waals surface area contributed by atoms with Gasteiger partial charge in [0.1, 0.15) is 5.84 Å². The number of nitrogens with two attached hydrogens (primary N) is 2. The Morgan fingerprint density at radius 2 is 1.54 bits per heavy atom. The van der Waals surface area contributed by atoms with Crippen LogP contribution in [0.25, 0.3) is 17.2 Å². The Bertz CT molecular complexity index is 1320. The third kappa shape index (κ3) is 5.79. The zero-order valence-electron chi connectivity index (χ0n) is 18.8. The molecule has 0 radical (unpaired) electrons. The van der Waals surface area contributed by atoms with Gasteiger partial charge in [0, 0.05) is 35.5 Å². The van der Waals surface area contributed by atoms with Crippen LogP contribution in [0.4, 0.5) is 5.69 Å². The van der Waals surface area contributed by atoms with Crippen LogP contribution >= 0.6 is 0 Å². The van der Waals surface area contributed by atoms with Crippen LogP contribution in [0.3, 0.4) is 0 Å². The van der Waals surface area contributed by atoms with Crippen molar-refractivity contribution in [3.8, 4) is 11.1 Å². The fraction of sp³-hybridized carbons (Fsp3) is 0.0769. The lowest BCUT2D eigenvalue weighted by Gasteiger charge is -2.15. The maximum atomic E-state index is 13.2. The molecule has 178 valence electrons. The van der Waals surface area contributed by atoms with Gasteiger partial charge >= 0.3 is 5.97 Å². The summed E-state index contributed by atoms with van der Waals surface area (Å²) in [6.07, 6.45) is 1.57. The van der Waals surface area contributed by atoms with E-state index < -0.39 is 17.8 Å². The summed E-state index contributed by atoms with van der Waals surface area (Å²) in [5.41, 5.74) is 13.4. The number of aromatic carboxylic acids is 1. The van der Waals surface area contributed by atoms with Crippen molar-refractivity contribution in [1.29, 1.82) is 5.41 Å². The van der Waals surface area contributed by atoms with Crippen molar-refractivity contribution in [2.24, 2.45) is 11.5 Å². The van der Waals surface area contributed by atoms with Gasteiger partial charge in [-0.25, -0.2) is 4.79 Å². The van der Waals surface area contributed by atoms with E-state index in [9.17, 15) is 19.5 Å². The number of carbonyl (C=O) groups is 3. The van der Waals surface area contributed by atoms with E-state index in [-0.39, 0.29) is 41.2 Å². The van der Waals surface area contributed by atoms with Crippen molar-refractivity contribution >= 4 is 35.4 Å². The normalized spacial score (nSPS) is 10.3. The molecule has 3 aromatic carbocycles. The first-order valence-electron chi connectivity index (χ1n) is 10.6. The molecule has 8 N–H and O–H groups in total. The van der Waals surface area contributed by atoms with E-state index in [0.717, 1.165) is 0 Å². The number of benzene rings is 3. The molecule has 0 atom stereocenters.